The molecule has 0 amide bonds. The second-order valence-electron chi connectivity index (χ2n) is 29.2. The molecule has 18 atom stereocenters. The molecule has 1 saturated carbocycles. The molecule has 0 aromatic rings. The van der Waals surface area contributed by atoms with Gasteiger partial charge in [-0.1, -0.05) is 297 Å². The number of esters is 3. The van der Waals surface area contributed by atoms with E-state index in [4.69, 9.17) is 42.2 Å². The van der Waals surface area contributed by atoms with Crippen molar-refractivity contribution in [2.45, 2.75) is 440 Å². The standard InChI is InChI=1S/C76H143O24P/c1-4-7-10-13-16-19-22-25-27-29-31-34-35-38-41-44-47-50-60(78)92-54-57(95-62(80)52-49-46-43-40-37-32-24-21-18-15-12-9-6-3)55-94-101(90,91)100-74-72(98-75-70(88)65(83)63(81)58(53-77)96-75)68(86)67(85)69(87)73(74)99-76-71(89)66(84)64(82)59(97-76)56-93-61(79)51-48-45-42-39-36-33-30-28-26-23-20-17-14-11-8-5-2/h57-59,63-77,81-89H,4-56H2,1-3H3,(H,90,91). The Morgan fingerprint density at radius 3 is 0.970 bits per heavy atom. The van der Waals surface area contributed by atoms with Crippen LogP contribution in [0.1, 0.15) is 335 Å². The number of carbonyl (C=O) groups excluding carboxylic acids is 3. The number of phosphoric acid groups is 1. The molecule has 18 unspecified atom stereocenters. The minimum absolute atomic E-state index is 0.0331. The molecule has 3 rings (SSSR count). The average molecular weight is 1470 g/mol. The third-order valence-corrected chi connectivity index (χ3v) is 21.1. The number of rotatable bonds is 64. The van der Waals surface area contributed by atoms with Gasteiger partial charge in [-0.3, -0.25) is 23.4 Å². The summed E-state index contributed by atoms with van der Waals surface area (Å²) in [5, 5.41) is 110. The minimum atomic E-state index is -5.69. The zero-order valence-electron chi connectivity index (χ0n) is 62.5. The minimum Gasteiger partial charge on any atom is -0.463 e. The summed E-state index contributed by atoms with van der Waals surface area (Å²) >= 11 is 0. The summed E-state index contributed by atoms with van der Waals surface area (Å²) in [6.45, 7) is 3.50. The van der Waals surface area contributed by atoms with E-state index in [1.807, 2.05) is 0 Å². The third-order valence-electron chi connectivity index (χ3n) is 20.1. The molecule has 3 aliphatic rings. The Labute approximate surface area is 606 Å². The number of aliphatic hydroxyl groups is 10. The number of hydrogen-bond donors (Lipinski definition) is 11. The van der Waals surface area contributed by atoms with Crippen LogP contribution in [0.25, 0.3) is 0 Å². The molecule has 1 aliphatic carbocycles. The Bertz CT molecular complexity index is 2080. The number of unbranched alkanes of at least 4 members (excludes halogenated alkanes) is 43. The van der Waals surface area contributed by atoms with E-state index in [2.05, 4.69) is 20.8 Å². The molecule has 0 bridgehead atoms. The van der Waals surface area contributed by atoms with Crippen LogP contribution in [-0.2, 0) is 61.2 Å². The topological polar surface area (TPSA) is 374 Å². The van der Waals surface area contributed by atoms with Gasteiger partial charge in [0, 0.05) is 19.3 Å². The van der Waals surface area contributed by atoms with E-state index in [-0.39, 0.29) is 19.3 Å². The third kappa shape index (κ3) is 40.7. The van der Waals surface area contributed by atoms with Gasteiger partial charge < -0.3 is 89.1 Å². The quantitative estimate of drug-likeness (QED) is 0.0117. The molecule has 0 aromatic carbocycles. The molecule has 3 fully saturated rings. The van der Waals surface area contributed by atoms with Crippen LogP contribution in [0.5, 0.6) is 0 Å². The average Bonchev–Trinajstić information content (AvgIpc) is 0.770. The van der Waals surface area contributed by atoms with Crippen LogP contribution in [0.3, 0.4) is 0 Å². The van der Waals surface area contributed by atoms with Crippen molar-refractivity contribution >= 4 is 25.7 Å². The maximum atomic E-state index is 14.4. The first-order valence-corrected chi connectivity index (χ1v) is 41.8. The highest BCUT2D eigenvalue weighted by atomic mass is 31.2. The zero-order valence-corrected chi connectivity index (χ0v) is 63.4. The Balaban J connectivity index is 1.69. The van der Waals surface area contributed by atoms with Crippen LogP contribution in [0.15, 0.2) is 0 Å². The number of ether oxygens (including phenoxy) is 7. The second-order valence-corrected chi connectivity index (χ2v) is 30.6. The lowest BCUT2D eigenvalue weighted by molar-refractivity contribution is -0.360. The summed E-state index contributed by atoms with van der Waals surface area (Å²) < 4.78 is 65.2. The molecule has 0 radical (unpaired) electrons. The smallest absolute Gasteiger partial charge is 0.463 e. The predicted octanol–water partition coefficient (Wildman–Crippen LogP) is 12.1. The molecule has 25 heteroatoms. The summed E-state index contributed by atoms with van der Waals surface area (Å²) in [5.74, 6) is -1.97. The molecule has 0 spiro atoms. The molecule has 101 heavy (non-hydrogen) atoms. The van der Waals surface area contributed by atoms with Gasteiger partial charge >= 0.3 is 25.7 Å². The zero-order chi connectivity index (χ0) is 73.9. The largest absolute Gasteiger partial charge is 0.472 e. The normalized spacial score (nSPS) is 27.1. The van der Waals surface area contributed by atoms with Crippen molar-refractivity contribution in [2.24, 2.45) is 0 Å². The van der Waals surface area contributed by atoms with Gasteiger partial charge in [0.05, 0.1) is 13.2 Å². The van der Waals surface area contributed by atoms with Crippen LogP contribution in [0.4, 0.5) is 0 Å². The Morgan fingerprint density at radius 1 is 0.347 bits per heavy atom. The van der Waals surface area contributed by atoms with Crippen LogP contribution >= 0.6 is 7.82 Å². The first-order valence-electron chi connectivity index (χ1n) is 40.3. The lowest BCUT2D eigenvalue weighted by Gasteiger charge is -2.49. The highest BCUT2D eigenvalue weighted by molar-refractivity contribution is 7.47. The monoisotopic (exact) mass is 1470 g/mol. The molecule has 2 saturated heterocycles. The van der Waals surface area contributed by atoms with Gasteiger partial charge in [-0.2, -0.15) is 0 Å². The fourth-order valence-electron chi connectivity index (χ4n) is 13.6. The van der Waals surface area contributed by atoms with E-state index >= 15 is 0 Å². The van der Waals surface area contributed by atoms with Crippen molar-refractivity contribution in [1.82, 2.24) is 0 Å². The van der Waals surface area contributed by atoms with Gasteiger partial charge in [0.1, 0.15) is 98.7 Å². The van der Waals surface area contributed by atoms with E-state index in [0.717, 1.165) is 89.9 Å². The fourth-order valence-corrected chi connectivity index (χ4v) is 14.5. The van der Waals surface area contributed by atoms with Crippen molar-refractivity contribution in [3.8, 4) is 0 Å². The summed E-state index contributed by atoms with van der Waals surface area (Å²) in [6, 6.07) is 0. The van der Waals surface area contributed by atoms with Gasteiger partial charge in [-0.25, -0.2) is 4.57 Å². The summed E-state index contributed by atoms with van der Waals surface area (Å²) in [7, 11) is -5.69. The SMILES string of the molecule is CCCCCCCCCCCCCCCCCCCC(=O)OCC(COP(=O)(O)OC1C(OC2OC(CO)C(O)C(O)C2O)C(O)C(O)C(O)C1OC1OC(COC(=O)CCCCCCCCCCCCCCCCCC)C(O)C(O)C1O)OC(=O)CCCCCCCCCCCCCCC. The van der Waals surface area contributed by atoms with Crippen LogP contribution in [-0.4, -0.2) is 204 Å². The molecule has 24 nitrogen and oxygen atoms in total. The summed E-state index contributed by atoms with van der Waals surface area (Å²) in [6.07, 6.45) is 17.1. The van der Waals surface area contributed by atoms with Gasteiger partial charge in [0.15, 0.2) is 18.7 Å². The van der Waals surface area contributed by atoms with Crippen LogP contribution < -0.4 is 0 Å². The second kappa shape index (κ2) is 58.0. The van der Waals surface area contributed by atoms with E-state index in [1.165, 1.54) is 186 Å². The number of carbonyl (C=O) groups is 3. The van der Waals surface area contributed by atoms with Crippen molar-refractivity contribution in [3.05, 3.63) is 0 Å². The van der Waals surface area contributed by atoms with Gasteiger partial charge in [0.2, 0.25) is 0 Å². The lowest BCUT2D eigenvalue weighted by atomic mass is 9.84. The van der Waals surface area contributed by atoms with Crippen molar-refractivity contribution < 1.29 is 117 Å². The Morgan fingerprint density at radius 2 is 0.634 bits per heavy atom. The summed E-state index contributed by atoms with van der Waals surface area (Å²) in [4.78, 5) is 51.1. The highest BCUT2D eigenvalue weighted by Gasteiger charge is 2.58. The molecule has 11 N–H and O–H groups in total. The first-order chi connectivity index (χ1) is 48.8. The molecule has 0 aromatic heterocycles. The maximum absolute atomic E-state index is 14.4. The fraction of sp³-hybridized carbons (Fsp3) is 0.961. The van der Waals surface area contributed by atoms with Crippen molar-refractivity contribution in [3.63, 3.8) is 0 Å². The first kappa shape index (κ1) is 93.2. The highest BCUT2D eigenvalue weighted by Crippen LogP contribution is 2.49. The van der Waals surface area contributed by atoms with Crippen molar-refractivity contribution in [1.29, 1.82) is 0 Å². The van der Waals surface area contributed by atoms with Gasteiger partial charge in [0.25, 0.3) is 0 Å². The Kier molecular flexibility index (Phi) is 53.5. The van der Waals surface area contributed by atoms with E-state index in [1.54, 1.807) is 0 Å². The van der Waals surface area contributed by atoms with E-state index in [0.29, 0.717) is 19.3 Å². The van der Waals surface area contributed by atoms with Crippen LogP contribution in [0, 0.1) is 0 Å². The van der Waals surface area contributed by atoms with Crippen LogP contribution in [0.2, 0.25) is 0 Å². The Hall–Kier alpha value is -2.04. The molecule has 2 heterocycles. The lowest BCUT2D eigenvalue weighted by Crippen LogP contribution is -2.69. The van der Waals surface area contributed by atoms with Gasteiger partial charge in [-0.15, -0.1) is 0 Å². The maximum Gasteiger partial charge on any atom is 0.472 e. The van der Waals surface area contributed by atoms with Gasteiger partial charge in [-0.05, 0) is 19.3 Å². The molecular weight excluding hydrogens is 1330 g/mol. The summed E-state index contributed by atoms with van der Waals surface area (Å²) in [5.41, 5.74) is 0. The number of phosphoric ester groups is 1. The molecular formula is C76H143O24P. The number of aliphatic hydroxyl groups excluding tert-OH is 10. The van der Waals surface area contributed by atoms with E-state index < -0.39 is 156 Å². The number of hydrogen-bond acceptors (Lipinski definition) is 23. The molecule has 2 aliphatic heterocycles. The predicted molar refractivity (Wildman–Crippen MR) is 384 cm³/mol. The molecule has 596 valence electrons. The van der Waals surface area contributed by atoms with E-state index in [9.17, 15) is 74.9 Å². The van der Waals surface area contributed by atoms with Crippen molar-refractivity contribution in [2.75, 3.05) is 26.4 Å².